The van der Waals surface area contributed by atoms with Crippen molar-refractivity contribution in [2.75, 3.05) is 52.5 Å². The first-order valence-electron chi connectivity index (χ1n) is 12.1. The van der Waals surface area contributed by atoms with Crippen LogP contribution in [0.3, 0.4) is 0 Å². The summed E-state index contributed by atoms with van der Waals surface area (Å²) in [6, 6.07) is 1.63. The highest BCUT2D eigenvalue weighted by atomic mass is 16.5. The molecule has 186 valence electrons. The van der Waals surface area contributed by atoms with Crippen LogP contribution in [0.1, 0.15) is 53.4 Å². The lowest BCUT2D eigenvalue weighted by atomic mass is 9.88. The normalized spacial score (nSPS) is 20.1. The van der Waals surface area contributed by atoms with Gasteiger partial charge in [-0.25, -0.2) is 9.79 Å². The first kappa shape index (κ1) is 26.9. The molecule has 2 aliphatic rings. The maximum Gasteiger partial charge on any atom is 0.413 e. The minimum absolute atomic E-state index is 0.197. The van der Waals surface area contributed by atoms with Gasteiger partial charge in [0.25, 0.3) is 0 Å². The summed E-state index contributed by atoms with van der Waals surface area (Å²) < 4.78 is 10.4. The molecule has 2 fully saturated rings. The van der Waals surface area contributed by atoms with Gasteiger partial charge in [-0.05, 0) is 45.1 Å². The number of nitrogens with zero attached hydrogens (tertiary/aromatic N) is 4. The number of carbonyl (C=O) groups excluding carboxylic acids is 2. The molecule has 1 atom stereocenters. The zero-order valence-electron chi connectivity index (χ0n) is 20.6. The van der Waals surface area contributed by atoms with Crippen LogP contribution in [-0.4, -0.2) is 91.9 Å². The fraction of sp³-hybridized carbons (Fsp3) is 0.826. The van der Waals surface area contributed by atoms with Crippen LogP contribution in [0.4, 0.5) is 4.79 Å². The second kappa shape index (κ2) is 13.4. The molecule has 0 aromatic rings. The molecule has 2 aliphatic heterocycles. The van der Waals surface area contributed by atoms with Gasteiger partial charge in [-0.2, -0.15) is 5.26 Å². The number of aliphatic imine (C=N–C) groups is 1. The van der Waals surface area contributed by atoms with E-state index in [-0.39, 0.29) is 18.4 Å². The number of guanidine groups is 1. The zero-order valence-corrected chi connectivity index (χ0v) is 20.6. The number of hydrogen-bond acceptors (Lipinski definition) is 7. The van der Waals surface area contributed by atoms with Crippen LogP contribution in [0, 0.1) is 17.2 Å². The van der Waals surface area contributed by atoms with E-state index in [2.05, 4.69) is 33.5 Å². The molecule has 0 aromatic carbocycles. The standard InChI is InChI=1S/C23H40N6O4/c1-5-9-28-10-7-23(17-24,8-11-28)27-20(30)19(16-18(3)4)25-21(26-22(31)33-6-2)29-12-14-32-15-13-29/h18-19H,5-16H2,1-4H3,(H,27,30)(H,25,26,31)/t19-/m0/s1. The Kier molecular flexibility index (Phi) is 10.9. The summed E-state index contributed by atoms with van der Waals surface area (Å²) in [6.07, 6.45) is 2.13. The van der Waals surface area contributed by atoms with E-state index >= 15 is 0 Å². The van der Waals surface area contributed by atoms with Crippen LogP contribution in [-0.2, 0) is 14.3 Å². The zero-order chi connectivity index (χ0) is 24.3. The minimum Gasteiger partial charge on any atom is -0.450 e. The molecule has 33 heavy (non-hydrogen) atoms. The van der Waals surface area contributed by atoms with Crippen molar-refractivity contribution >= 4 is 18.0 Å². The number of hydrogen-bond donors (Lipinski definition) is 2. The van der Waals surface area contributed by atoms with Crippen molar-refractivity contribution in [3.8, 4) is 6.07 Å². The summed E-state index contributed by atoms with van der Waals surface area (Å²) >= 11 is 0. The molecule has 0 saturated carbocycles. The molecule has 2 N–H and O–H groups in total. The van der Waals surface area contributed by atoms with Crippen molar-refractivity contribution in [2.24, 2.45) is 10.9 Å². The van der Waals surface area contributed by atoms with Gasteiger partial charge in [0.1, 0.15) is 11.6 Å². The Bertz CT molecular complexity index is 706. The number of alkyl carbamates (subject to hydrolysis) is 1. The summed E-state index contributed by atoms with van der Waals surface area (Å²) in [4.78, 5) is 34.4. The predicted octanol–water partition coefficient (Wildman–Crippen LogP) is 1.72. The third-order valence-corrected chi connectivity index (χ3v) is 5.90. The second-order valence-corrected chi connectivity index (χ2v) is 9.07. The van der Waals surface area contributed by atoms with Gasteiger partial charge in [-0.1, -0.05) is 20.8 Å². The van der Waals surface area contributed by atoms with Crippen LogP contribution in [0.2, 0.25) is 0 Å². The van der Waals surface area contributed by atoms with Crippen LogP contribution >= 0.6 is 0 Å². The van der Waals surface area contributed by atoms with Gasteiger partial charge in [0.15, 0.2) is 0 Å². The lowest BCUT2D eigenvalue weighted by Gasteiger charge is -2.38. The van der Waals surface area contributed by atoms with Crippen LogP contribution in [0.5, 0.6) is 0 Å². The largest absolute Gasteiger partial charge is 0.450 e. The van der Waals surface area contributed by atoms with Gasteiger partial charge in [-0.15, -0.1) is 0 Å². The van der Waals surface area contributed by atoms with Crippen molar-refractivity contribution in [3.63, 3.8) is 0 Å². The minimum atomic E-state index is -0.889. The molecule has 0 unspecified atom stereocenters. The molecule has 2 rings (SSSR count). The van der Waals surface area contributed by atoms with Gasteiger partial charge in [0, 0.05) is 26.2 Å². The number of nitriles is 1. The van der Waals surface area contributed by atoms with Gasteiger partial charge in [0.05, 0.1) is 25.9 Å². The SMILES string of the molecule is CCCN1CCC(C#N)(NC(=O)[C@H](CC(C)C)N=C(NC(=O)OCC)N2CCOCC2)CC1. The third kappa shape index (κ3) is 8.48. The average molecular weight is 465 g/mol. The van der Waals surface area contributed by atoms with Crippen LogP contribution in [0.25, 0.3) is 0 Å². The summed E-state index contributed by atoms with van der Waals surface area (Å²) in [5.74, 6) is 0.217. The van der Waals surface area contributed by atoms with Crippen molar-refractivity contribution in [1.29, 1.82) is 5.26 Å². The predicted molar refractivity (Wildman–Crippen MR) is 126 cm³/mol. The monoisotopic (exact) mass is 464 g/mol. The van der Waals surface area contributed by atoms with Gasteiger partial charge in [-0.3, -0.25) is 10.1 Å². The molecule has 0 aliphatic carbocycles. The van der Waals surface area contributed by atoms with E-state index in [9.17, 15) is 14.9 Å². The number of ether oxygens (including phenoxy) is 2. The first-order chi connectivity index (χ1) is 15.8. The second-order valence-electron chi connectivity index (χ2n) is 9.07. The number of nitrogens with one attached hydrogen (secondary N) is 2. The van der Waals surface area contributed by atoms with Crippen LogP contribution < -0.4 is 10.6 Å². The molecule has 0 bridgehead atoms. The van der Waals surface area contributed by atoms with E-state index in [0.717, 1.165) is 26.1 Å². The Morgan fingerprint density at radius 2 is 1.85 bits per heavy atom. The molecule has 2 saturated heterocycles. The maximum atomic E-state index is 13.4. The Morgan fingerprint density at radius 3 is 2.39 bits per heavy atom. The number of morpholine rings is 1. The molecule has 0 spiro atoms. The summed E-state index contributed by atoms with van der Waals surface area (Å²) in [5.41, 5.74) is -0.889. The molecule has 10 nitrogen and oxygen atoms in total. The van der Waals surface area contributed by atoms with E-state index < -0.39 is 17.7 Å². The summed E-state index contributed by atoms with van der Waals surface area (Å²) in [6.45, 7) is 12.8. The summed E-state index contributed by atoms with van der Waals surface area (Å²) in [7, 11) is 0. The number of rotatable bonds is 8. The highest BCUT2D eigenvalue weighted by molar-refractivity contribution is 5.96. The number of likely N-dealkylation sites (tertiary alicyclic amines) is 1. The molecule has 0 radical (unpaired) electrons. The highest BCUT2D eigenvalue weighted by Gasteiger charge is 2.38. The van der Waals surface area contributed by atoms with Crippen molar-refractivity contribution < 1.29 is 19.1 Å². The molecule has 10 heteroatoms. The highest BCUT2D eigenvalue weighted by Crippen LogP contribution is 2.23. The average Bonchev–Trinajstić information content (AvgIpc) is 2.80. The van der Waals surface area contributed by atoms with E-state index in [1.165, 1.54) is 0 Å². The molecular weight excluding hydrogens is 424 g/mol. The number of piperidine rings is 1. The lowest BCUT2D eigenvalue weighted by molar-refractivity contribution is -0.124. The fourth-order valence-electron chi connectivity index (χ4n) is 4.10. The number of amides is 2. The number of carbonyl (C=O) groups is 2. The van der Waals surface area contributed by atoms with E-state index in [1.807, 2.05) is 18.7 Å². The summed E-state index contributed by atoms with van der Waals surface area (Å²) in [5, 5.41) is 15.6. The molecule has 2 amide bonds. The van der Waals surface area contributed by atoms with Gasteiger partial charge < -0.3 is 24.6 Å². The van der Waals surface area contributed by atoms with Gasteiger partial charge >= 0.3 is 6.09 Å². The molecule has 0 aromatic heterocycles. The molecule has 2 heterocycles. The van der Waals surface area contributed by atoms with Crippen molar-refractivity contribution in [3.05, 3.63) is 0 Å². The smallest absolute Gasteiger partial charge is 0.413 e. The lowest BCUT2D eigenvalue weighted by Crippen LogP contribution is -2.57. The molecular formula is C23H40N6O4. The Balaban J connectivity index is 2.21. The van der Waals surface area contributed by atoms with Crippen LogP contribution in [0.15, 0.2) is 4.99 Å². The Hall–Kier alpha value is -2.38. The van der Waals surface area contributed by atoms with Crippen molar-refractivity contribution in [2.45, 2.75) is 65.0 Å². The Labute approximate surface area is 197 Å². The van der Waals surface area contributed by atoms with E-state index in [0.29, 0.717) is 51.5 Å². The quantitative estimate of drug-likeness (QED) is 0.415. The van der Waals surface area contributed by atoms with Gasteiger partial charge in [0.2, 0.25) is 11.9 Å². The van der Waals surface area contributed by atoms with E-state index in [1.54, 1.807) is 6.92 Å². The maximum absolute atomic E-state index is 13.4. The first-order valence-corrected chi connectivity index (χ1v) is 12.1. The van der Waals surface area contributed by atoms with E-state index in [4.69, 9.17) is 9.47 Å². The third-order valence-electron chi connectivity index (χ3n) is 5.90. The Morgan fingerprint density at radius 1 is 1.18 bits per heavy atom. The van der Waals surface area contributed by atoms with Crippen molar-refractivity contribution in [1.82, 2.24) is 20.4 Å². The fourth-order valence-corrected chi connectivity index (χ4v) is 4.10. The topological polar surface area (TPSA) is 119 Å².